The summed E-state index contributed by atoms with van der Waals surface area (Å²) in [6.45, 7) is 21.9. The number of hydrogen-bond donors (Lipinski definition) is 0. The molecular formula is C33H48B2O5S. The highest BCUT2D eigenvalue weighted by Gasteiger charge is 2.53. The van der Waals surface area contributed by atoms with Gasteiger partial charge in [0.25, 0.3) is 0 Å². The molecule has 0 aliphatic carbocycles. The van der Waals surface area contributed by atoms with E-state index in [0.717, 1.165) is 23.1 Å². The van der Waals surface area contributed by atoms with Gasteiger partial charge < -0.3 is 23.4 Å². The van der Waals surface area contributed by atoms with Gasteiger partial charge >= 0.3 is 14.2 Å². The molecule has 5 nitrogen and oxygen atoms in total. The highest BCUT2D eigenvalue weighted by Crippen LogP contribution is 2.41. The van der Waals surface area contributed by atoms with E-state index < -0.39 is 18.3 Å². The van der Waals surface area contributed by atoms with E-state index in [4.69, 9.17) is 23.4 Å². The zero-order chi connectivity index (χ0) is 29.8. The predicted molar refractivity (Wildman–Crippen MR) is 174 cm³/mol. The van der Waals surface area contributed by atoms with Crippen LogP contribution < -0.4 is 15.7 Å². The van der Waals surface area contributed by atoms with E-state index in [2.05, 4.69) is 93.5 Å². The van der Waals surface area contributed by atoms with Crippen LogP contribution in [0.25, 0.3) is 20.2 Å². The molecule has 5 rings (SSSR count). The van der Waals surface area contributed by atoms with Crippen molar-refractivity contribution in [1.82, 2.24) is 0 Å². The Balaban J connectivity index is 1.50. The molecule has 0 spiro atoms. The fraction of sp³-hybridized carbons (Fsp3) is 0.636. The van der Waals surface area contributed by atoms with Gasteiger partial charge in [0.2, 0.25) is 0 Å². The maximum absolute atomic E-state index is 6.50. The Kier molecular flexibility index (Phi) is 8.41. The van der Waals surface area contributed by atoms with Gasteiger partial charge in [-0.3, -0.25) is 0 Å². The Hall–Kier alpha value is -1.57. The largest absolute Gasteiger partial charge is 0.498 e. The Labute approximate surface area is 251 Å². The number of rotatable bonds is 10. The van der Waals surface area contributed by atoms with Gasteiger partial charge in [0.1, 0.15) is 5.75 Å². The molecule has 3 heterocycles. The third kappa shape index (κ3) is 5.84. The molecule has 0 radical (unpaired) electrons. The molecule has 41 heavy (non-hydrogen) atoms. The number of hydrogen-bond acceptors (Lipinski definition) is 6. The van der Waals surface area contributed by atoms with Gasteiger partial charge in [0.05, 0.1) is 29.0 Å². The van der Waals surface area contributed by atoms with Crippen molar-refractivity contribution in [2.75, 3.05) is 6.61 Å². The lowest BCUT2D eigenvalue weighted by atomic mass is 9.75. The lowest BCUT2D eigenvalue weighted by Gasteiger charge is -2.32. The van der Waals surface area contributed by atoms with Crippen molar-refractivity contribution in [3.05, 3.63) is 29.8 Å². The number of aryl methyl sites for hydroxylation is 1. The fourth-order valence-electron chi connectivity index (χ4n) is 5.56. The summed E-state index contributed by atoms with van der Waals surface area (Å²) in [5.41, 5.74) is 1.64. The quantitative estimate of drug-likeness (QED) is 0.182. The maximum atomic E-state index is 6.50. The van der Waals surface area contributed by atoms with E-state index >= 15 is 0 Å². The van der Waals surface area contributed by atoms with E-state index in [-0.39, 0.29) is 18.3 Å². The SMILES string of the molecule is CCCCCCCCOc1cc2c(cc1B1OC(C)(C)C(C)(C)O1)sc1cc(B3OC(C)(C)C(C)(C)O3)c(C)cc12. The summed E-state index contributed by atoms with van der Waals surface area (Å²) >= 11 is 1.79. The first-order chi connectivity index (χ1) is 19.2. The topological polar surface area (TPSA) is 46.2 Å². The Morgan fingerprint density at radius 2 is 1.10 bits per heavy atom. The zero-order valence-electron chi connectivity index (χ0n) is 26.9. The standard InChI is InChI=1S/C33H48B2O5S/c1-11-12-13-14-15-16-17-36-27-19-24-23-18-22(2)25(34-37-30(3,4)31(5,6)38-34)20-28(23)41-29(24)21-26(27)35-39-32(7,8)33(9,10)40-35/h18-21H,11-17H2,1-10H3. The highest BCUT2D eigenvalue weighted by atomic mass is 32.1. The highest BCUT2D eigenvalue weighted by molar-refractivity contribution is 7.26. The lowest BCUT2D eigenvalue weighted by molar-refractivity contribution is 0.00578. The second-order valence-corrected chi connectivity index (χ2v) is 15.1. The first-order valence-corrected chi connectivity index (χ1v) is 16.3. The van der Waals surface area contributed by atoms with Crippen LogP contribution in [-0.2, 0) is 18.6 Å². The maximum Gasteiger partial charge on any atom is 0.498 e. The molecule has 2 saturated heterocycles. The summed E-state index contributed by atoms with van der Waals surface area (Å²) in [6.07, 6.45) is 7.38. The smallest absolute Gasteiger partial charge is 0.494 e. The van der Waals surface area contributed by atoms with E-state index in [0.29, 0.717) is 6.61 Å². The van der Waals surface area contributed by atoms with Crippen molar-refractivity contribution in [3.8, 4) is 5.75 Å². The molecule has 0 bridgehead atoms. The molecular weight excluding hydrogens is 530 g/mol. The monoisotopic (exact) mass is 578 g/mol. The average Bonchev–Trinajstić information content (AvgIpc) is 3.41. The van der Waals surface area contributed by atoms with Crippen molar-refractivity contribution in [2.24, 2.45) is 0 Å². The summed E-state index contributed by atoms with van der Waals surface area (Å²) in [7, 11) is -0.859. The van der Waals surface area contributed by atoms with Crippen LogP contribution in [0.2, 0.25) is 0 Å². The summed E-state index contributed by atoms with van der Waals surface area (Å²) in [4.78, 5) is 0. The summed E-state index contributed by atoms with van der Waals surface area (Å²) < 4.78 is 34.7. The molecule has 2 aliphatic rings. The van der Waals surface area contributed by atoms with Crippen molar-refractivity contribution in [1.29, 1.82) is 0 Å². The van der Waals surface area contributed by atoms with Crippen molar-refractivity contribution in [3.63, 3.8) is 0 Å². The minimum absolute atomic E-state index is 0.376. The normalized spacial score (nSPS) is 20.9. The molecule has 0 saturated carbocycles. The summed E-state index contributed by atoms with van der Waals surface area (Å²) in [5, 5.41) is 2.43. The number of ether oxygens (including phenoxy) is 1. The fourth-order valence-corrected chi connectivity index (χ4v) is 6.72. The van der Waals surface area contributed by atoms with E-state index in [1.165, 1.54) is 57.8 Å². The third-order valence-electron chi connectivity index (χ3n) is 9.76. The van der Waals surface area contributed by atoms with E-state index in [1.807, 2.05) is 0 Å². The first-order valence-electron chi connectivity index (χ1n) is 15.5. The molecule has 2 aromatic carbocycles. The van der Waals surface area contributed by atoms with Gasteiger partial charge in [-0.25, -0.2) is 0 Å². The molecule has 0 atom stereocenters. The predicted octanol–water partition coefficient (Wildman–Crippen LogP) is 7.70. The summed E-state index contributed by atoms with van der Waals surface area (Å²) in [5.74, 6) is 0.858. The van der Waals surface area contributed by atoms with Crippen molar-refractivity contribution < 1.29 is 23.4 Å². The van der Waals surface area contributed by atoms with Gasteiger partial charge in [0, 0.05) is 25.6 Å². The first kappa shape index (κ1) is 30.9. The minimum Gasteiger partial charge on any atom is -0.494 e. The number of fused-ring (bicyclic) bond motifs is 3. The molecule has 8 heteroatoms. The molecule has 222 valence electrons. The number of unbranched alkanes of at least 4 members (excludes halogenated alkanes) is 5. The van der Waals surface area contributed by atoms with Crippen LogP contribution in [0.1, 0.15) is 106 Å². The summed E-state index contributed by atoms with van der Waals surface area (Å²) in [6, 6.07) is 8.96. The van der Waals surface area contributed by atoms with Crippen LogP contribution in [0.4, 0.5) is 0 Å². The number of thiophene rings is 1. The minimum atomic E-state index is -0.476. The van der Waals surface area contributed by atoms with E-state index in [9.17, 15) is 0 Å². The molecule has 2 aliphatic heterocycles. The molecule has 0 amide bonds. The van der Waals surface area contributed by atoms with Gasteiger partial charge in [-0.1, -0.05) is 50.7 Å². The second kappa shape index (κ2) is 11.2. The molecule has 0 N–H and O–H groups in total. The van der Waals surface area contributed by atoms with Gasteiger partial charge in [0.15, 0.2) is 0 Å². The average molecular weight is 578 g/mol. The zero-order valence-corrected chi connectivity index (χ0v) is 27.7. The van der Waals surface area contributed by atoms with Crippen LogP contribution in [-0.4, -0.2) is 43.2 Å². The lowest BCUT2D eigenvalue weighted by Crippen LogP contribution is -2.41. The van der Waals surface area contributed by atoms with Crippen LogP contribution >= 0.6 is 11.3 Å². The second-order valence-electron chi connectivity index (χ2n) is 14.0. The number of benzene rings is 2. The van der Waals surface area contributed by atoms with Gasteiger partial charge in [-0.05, 0) is 92.4 Å². The van der Waals surface area contributed by atoms with Crippen LogP contribution in [0.3, 0.4) is 0 Å². The van der Waals surface area contributed by atoms with Crippen molar-refractivity contribution in [2.45, 2.75) is 130 Å². The Bertz CT molecular complexity index is 1380. The van der Waals surface area contributed by atoms with Crippen LogP contribution in [0.5, 0.6) is 5.75 Å². The molecule has 1 aromatic heterocycles. The molecule has 3 aromatic rings. The van der Waals surface area contributed by atoms with E-state index in [1.54, 1.807) is 11.3 Å². The third-order valence-corrected chi connectivity index (χ3v) is 10.9. The van der Waals surface area contributed by atoms with Crippen LogP contribution in [0, 0.1) is 6.92 Å². The Morgan fingerprint density at radius 3 is 1.66 bits per heavy atom. The van der Waals surface area contributed by atoms with Gasteiger partial charge in [-0.2, -0.15) is 0 Å². The Morgan fingerprint density at radius 1 is 0.634 bits per heavy atom. The van der Waals surface area contributed by atoms with Crippen LogP contribution in [0.15, 0.2) is 24.3 Å². The molecule has 2 fully saturated rings. The van der Waals surface area contributed by atoms with Gasteiger partial charge in [-0.15, -0.1) is 11.3 Å². The molecule has 0 unspecified atom stereocenters. The van der Waals surface area contributed by atoms with Crippen molar-refractivity contribution >= 4 is 56.7 Å².